The molecule has 1 N–H and O–H groups in total. The van der Waals surface area contributed by atoms with E-state index < -0.39 is 17.6 Å². The maximum Gasteiger partial charge on any atom is 0.416 e. The number of hydrogen-bond acceptors (Lipinski definition) is 7. The molecule has 0 bridgehead atoms. The number of halogens is 3. The number of ether oxygens (including phenoxy) is 2. The van der Waals surface area contributed by atoms with Crippen LogP contribution < -0.4 is 14.8 Å². The molecular formula is C19H16F3N3O3S2. The Balaban J connectivity index is 1.64. The molecule has 3 aromatic rings. The summed E-state index contributed by atoms with van der Waals surface area (Å²) in [4.78, 5) is 12.5. The molecule has 3 rings (SSSR count). The third-order valence-corrected chi connectivity index (χ3v) is 5.94. The van der Waals surface area contributed by atoms with Crippen LogP contribution in [0.4, 0.5) is 18.3 Å². The average molecular weight is 455 g/mol. The summed E-state index contributed by atoms with van der Waals surface area (Å²) in [5.41, 5.74) is 0.115. The van der Waals surface area contributed by atoms with Crippen molar-refractivity contribution in [2.75, 3.05) is 19.5 Å². The highest BCUT2D eigenvalue weighted by molar-refractivity contribution is 8.00. The fraction of sp³-hybridized carbons (Fsp3) is 0.211. The van der Waals surface area contributed by atoms with Crippen molar-refractivity contribution in [1.82, 2.24) is 10.2 Å². The molecule has 0 saturated heterocycles. The number of amides is 1. The Hall–Kier alpha value is -2.79. The zero-order chi connectivity index (χ0) is 21.7. The molecule has 6 nitrogen and oxygen atoms in total. The zero-order valence-electron chi connectivity index (χ0n) is 15.8. The van der Waals surface area contributed by atoms with Crippen molar-refractivity contribution < 1.29 is 27.4 Å². The van der Waals surface area contributed by atoms with E-state index in [2.05, 4.69) is 15.5 Å². The Labute approximate surface area is 178 Å². The molecule has 0 fully saturated rings. The van der Waals surface area contributed by atoms with E-state index in [0.717, 1.165) is 23.5 Å². The van der Waals surface area contributed by atoms with Gasteiger partial charge >= 0.3 is 6.18 Å². The molecular weight excluding hydrogens is 439 g/mol. The zero-order valence-corrected chi connectivity index (χ0v) is 17.5. The molecule has 0 atom stereocenters. The van der Waals surface area contributed by atoms with Gasteiger partial charge in [0.2, 0.25) is 5.13 Å². The first kappa shape index (κ1) is 21.9. The first-order chi connectivity index (χ1) is 14.3. The van der Waals surface area contributed by atoms with Gasteiger partial charge in [-0.3, -0.25) is 10.1 Å². The Morgan fingerprint density at radius 3 is 2.63 bits per heavy atom. The summed E-state index contributed by atoms with van der Waals surface area (Å²) >= 11 is 2.36. The van der Waals surface area contributed by atoms with Gasteiger partial charge in [0.25, 0.3) is 5.91 Å². The number of nitrogens with zero attached hydrogens (tertiary/aromatic N) is 2. The number of hydrogen-bond donors (Lipinski definition) is 1. The van der Waals surface area contributed by atoms with Crippen LogP contribution in [0.15, 0.2) is 46.8 Å². The number of alkyl halides is 3. The normalized spacial score (nSPS) is 11.2. The number of rotatable bonds is 7. The number of nitrogens with one attached hydrogen (secondary N) is 1. The summed E-state index contributed by atoms with van der Waals surface area (Å²) in [6.07, 6.45) is -4.39. The molecule has 0 aliphatic carbocycles. The quantitative estimate of drug-likeness (QED) is 0.394. The number of carbonyl (C=O) groups excluding carboxylic acids is 1. The van der Waals surface area contributed by atoms with Crippen molar-refractivity contribution in [3.63, 3.8) is 0 Å². The maximum absolute atomic E-state index is 12.8. The molecule has 0 spiro atoms. The van der Waals surface area contributed by atoms with Crippen LogP contribution in [0.1, 0.15) is 21.5 Å². The molecule has 1 aromatic heterocycles. The summed E-state index contributed by atoms with van der Waals surface area (Å²) in [5.74, 6) is 0.752. The molecule has 1 heterocycles. The van der Waals surface area contributed by atoms with E-state index in [4.69, 9.17) is 9.47 Å². The van der Waals surface area contributed by atoms with Crippen LogP contribution in [0.5, 0.6) is 11.5 Å². The molecule has 0 radical (unpaired) electrons. The third-order valence-electron chi connectivity index (χ3n) is 3.90. The summed E-state index contributed by atoms with van der Waals surface area (Å²) in [7, 11) is 2.95. The van der Waals surface area contributed by atoms with E-state index in [1.54, 1.807) is 24.3 Å². The highest BCUT2D eigenvalue weighted by Gasteiger charge is 2.30. The fourth-order valence-corrected chi connectivity index (χ4v) is 4.14. The molecule has 1 amide bonds. The van der Waals surface area contributed by atoms with Gasteiger partial charge in [-0.05, 0) is 23.8 Å². The molecule has 11 heteroatoms. The first-order valence-electron chi connectivity index (χ1n) is 8.46. The molecule has 2 aromatic carbocycles. The summed E-state index contributed by atoms with van der Waals surface area (Å²) in [5, 5.41) is 10.8. The summed E-state index contributed by atoms with van der Waals surface area (Å²) < 4.78 is 49.3. The van der Waals surface area contributed by atoms with Crippen LogP contribution in [0, 0.1) is 0 Å². The molecule has 0 aliphatic heterocycles. The van der Waals surface area contributed by atoms with Crippen LogP contribution in [-0.4, -0.2) is 30.3 Å². The van der Waals surface area contributed by atoms with E-state index >= 15 is 0 Å². The minimum absolute atomic E-state index is 0.268. The van der Waals surface area contributed by atoms with Crippen molar-refractivity contribution in [3.8, 4) is 11.5 Å². The fourth-order valence-electron chi connectivity index (χ4n) is 2.45. The molecule has 158 valence electrons. The van der Waals surface area contributed by atoms with E-state index in [1.807, 2.05) is 0 Å². The van der Waals surface area contributed by atoms with Crippen LogP contribution in [0.3, 0.4) is 0 Å². The Kier molecular flexibility index (Phi) is 6.83. The second-order valence-electron chi connectivity index (χ2n) is 5.88. The van der Waals surface area contributed by atoms with Crippen LogP contribution >= 0.6 is 23.1 Å². The second kappa shape index (κ2) is 9.35. The van der Waals surface area contributed by atoms with Crippen LogP contribution in [-0.2, 0) is 11.9 Å². The molecule has 0 unspecified atom stereocenters. The SMILES string of the molecule is COc1ccc(C(=O)Nc2nnc(SCc3cccc(C(F)(F)F)c3)s2)c(OC)c1. The van der Waals surface area contributed by atoms with Crippen molar-refractivity contribution in [1.29, 1.82) is 0 Å². The van der Waals surface area contributed by atoms with Crippen LogP contribution in [0.2, 0.25) is 0 Å². The summed E-state index contributed by atoms with van der Waals surface area (Å²) in [6, 6.07) is 9.90. The second-order valence-corrected chi connectivity index (χ2v) is 8.08. The van der Waals surface area contributed by atoms with Gasteiger partial charge in [-0.25, -0.2) is 0 Å². The topological polar surface area (TPSA) is 73.3 Å². The number of anilines is 1. The lowest BCUT2D eigenvalue weighted by atomic mass is 10.1. The number of methoxy groups -OCH3 is 2. The number of thioether (sulfide) groups is 1. The van der Waals surface area contributed by atoms with Gasteiger partial charge in [0, 0.05) is 11.8 Å². The van der Waals surface area contributed by atoms with Crippen molar-refractivity contribution in [2.24, 2.45) is 0 Å². The van der Waals surface area contributed by atoms with E-state index in [9.17, 15) is 18.0 Å². The minimum Gasteiger partial charge on any atom is -0.497 e. The predicted octanol–water partition coefficient (Wildman–Crippen LogP) is 5.12. The van der Waals surface area contributed by atoms with Gasteiger partial charge in [0.05, 0.1) is 25.3 Å². The van der Waals surface area contributed by atoms with Gasteiger partial charge in [0.15, 0.2) is 4.34 Å². The van der Waals surface area contributed by atoms with Crippen molar-refractivity contribution in [3.05, 3.63) is 59.2 Å². The lowest BCUT2D eigenvalue weighted by Crippen LogP contribution is -2.13. The Morgan fingerprint density at radius 2 is 1.93 bits per heavy atom. The van der Waals surface area contributed by atoms with Crippen molar-refractivity contribution in [2.45, 2.75) is 16.3 Å². The average Bonchev–Trinajstić information content (AvgIpc) is 3.18. The monoisotopic (exact) mass is 455 g/mol. The first-order valence-corrected chi connectivity index (χ1v) is 10.3. The smallest absolute Gasteiger partial charge is 0.416 e. The third kappa shape index (κ3) is 5.42. The highest BCUT2D eigenvalue weighted by Crippen LogP contribution is 2.33. The molecule has 30 heavy (non-hydrogen) atoms. The highest BCUT2D eigenvalue weighted by atomic mass is 32.2. The summed E-state index contributed by atoms with van der Waals surface area (Å²) in [6.45, 7) is 0. The van der Waals surface area contributed by atoms with Crippen molar-refractivity contribution >= 4 is 34.1 Å². The predicted molar refractivity (Wildman–Crippen MR) is 108 cm³/mol. The molecule has 0 aliphatic rings. The Morgan fingerprint density at radius 1 is 1.13 bits per heavy atom. The minimum atomic E-state index is -4.39. The van der Waals surface area contributed by atoms with Gasteiger partial charge < -0.3 is 9.47 Å². The lowest BCUT2D eigenvalue weighted by Gasteiger charge is -2.09. The van der Waals surface area contributed by atoms with E-state index in [-0.39, 0.29) is 5.13 Å². The van der Waals surface area contributed by atoms with Gasteiger partial charge in [-0.15, -0.1) is 10.2 Å². The largest absolute Gasteiger partial charge is 0.497 e. The van der Waals surface area contributed by atoms with Crippen LogP contribution in [0.25, 0.3) is 0 Å². The lowest BCUT2D eigenvalue weighted by molar-refractivity contribution is -0.137. The molecule has 0 saturated carbocycles. The van der Waals surface area contributed by atoms with Gasteiger partial charge in [-0.2, -0.15) is 13.2 Å². The standard InChI is InChI=1S/C19H16F3N3O3S2/c1-27-13-6-7-14(15(9-13)28-2)16(26)23-17-24-25-18(30-17)29-10-11-4-3-5-12(8-11)19(20,21)22/h3-9H,10H2,1-2H3,(H,23,24,26). The number of aromatic nitrogens is 2. The van der Waals surface area contributed by atoms with Gasteiger partial charge in [0.1, 0.15) is 11.5 Å². The Bertz CT molecular complexity index is 1040. The number of benzene rings is 2. The van der Waals surface area contributed by atoms with E-state index in [1.165, 1.54) is 32.0 Å². The number of carbonyl (C=O) groups is 1. The van der Waals surface area contributed by atoms with E-state index in [0.29, 0.717) is 32.7 Å². The van der Waals surface area contributed by atoms with Gasteiger partial charge in [-0.1, -0.05) is 41.3 Å². The maximum atomic E-state index is 12.8.